The molecule has 388 valence electrons. The van der Waals surface area contributed by atoms with Gasteiger partial charge in [0.2, 0.25) is 23.6 Å². The van der Waals surface area contributed by atoms with Gasteiger partial charge < -0.3 is 34.3 Å². The molecule has 0 fully saturated rings. The lowest BCUT2D eigenvalue weighted by Crippen LogP contribution is -2.53. The van der Waals surface area contributed by atoms with Gasteiger partial charge in [-0.1, -0.05) is 161 Å². The molecule has 0 saturated heterocycles. The molecular weight excluding hydrogens is 992 g/mol. The van der Waals surface area contributed by atoms with Crippen molar-refractivity contribution in [3.8, 4) is 39.8 Å². The number of nitrogens with zero attached hydrogens (tertiary/aromatic N) is 3. The van der Waals surface area contributed by atoms with Crippen LogP contribution in [0.15, 0.2) is 167 Å². The van der Waals surface area contributed by atoms with E-state index in [4.69, 9.17) is 37.3 Å². The van der Waals surface area contributed by atoms with E-state index in [0.29, 0.717) is 34.0 Å². The Kier molecular flexibility index (Phi) is 12.1. The van der Waals surface area contributed by atoms with Gasteiger partial charge in [-0.05, 0) is 51.8 Å². The first-order valence-electron chi connectivity index (χ1n) is 26.0. The number of ether oxygens (including phenoxy) is 2. The third kappa shape index (κ3) is 8.27. The molecule has 0 aliphatic carbocycles. The molecule has 2 amide bonds. The lowest BCUT2D eigenvalue weighted by atomic mass is 9.72. The number of carbonyl (C=O) groups excluding carboxylic acids is 2. The molecule has 13 rings (SSSR count). The predicted octanol–water partition coefficient (Wildman–Crippen LogP) is 11.9. The zero-order valence-electron chi connectivity index (χ0n) is 42.8. The van der Waals surface area contributed by atoms with Gasteiger partial charge in [-0.15, -0.1) is 0 Å². The van der Waals surface area contributed by atoms with Crippen LogP contribution in [0.3, 0.4) is 0 Å². The second kappa shape index (κ2) is 19.2. The zero-order chi connectivity index (χ0) is 52.6. The molecule has 0 saturated carbocycles. The van der Waals surface area contributed by atoms with Crippen LogP contribution in [0, 0.1) is 11.8 Å². The minimum absolute atomic E-state index is 0.0178. The molecule has 16 heteroatoms. The largest absolute Gasteiger partial charge is 0.469 e. The molecule has 9 aromatic rings. The number of oxazole rings is 2. The average Bonchev–Trinajstić information content (AvgIpc) is 4.42. The number of fused-ring (bicyclic) bond motifs is 7. The molecule has 6 aromatic carbocycles. The van der Waals surface area contributed by atoms with Crippen LogP contribution in [-0.4, -0.2) is 44.5 Å². The Bertz CT molecular complexity index is 3730. The van der Waals surface area contributed by atoms with E-state index in [2.05, 4.69) is 28.1 Å². The molecule has 4 aliphatic heterocycles. The van der Waals surface area contributed by atoms with Crippen LogP contribution in [0.2, 0.25) is 0 Å². The predicted molar refractivity (Wildman–Crippen MR) is 289 cm³/mol. The smallest absolute Gasteiger partial charge is 0.440 e. The molecule has 0 radical (unpaired) electrons. The Morgan fingerprint density at radius 3 is 2.14 bits per heavy atom. The highest BCUT2D eigenvalue weighted by molar-refractivity contribution is 7.52. The quantitative estimate of drug-likeness (QED) is 0.0878. The number of benzene rings is 6. The minimum Gasteiger partial charge on any atom is -0.469 e. The minimum atomic E-state index is -4.21. The number of carbonyl (C=O) groups is 2. The third-order valence-corrected chi connectivity index (χ3v) is 16.9. The number of amides is 2. The van der Waals surface area contributed by atoms with Gasteiger partial charge in [0.25, 0.3) is 0 Å². The lowest BCUT2D eigenvalue weighted by molar-refractivity contribution is -0.140. The van der Waals surface area contributed by atoms with Crippen LogP contribution in [0.4, 0.5) is 5.69 Å². The fourth-order valence-electron chi connectivity index (χ4n) is 11.3. The van der Waals surface area contributed by atoms with E-state index in [0.717, 1.165) is 55.6 Å². The summed E-state index contributed by atoms with van der Waals surface area (Å²) in [5.41, 5.74) is 7.68. The number of para-hydroxylation sites is 1. The van der Waals surface area contributed by atoms with Crippen molar-refractivity contribution in [3.05, 3.63) is 203 Å². The van der Waals surface area contributed by atoms with Gasteiger partial charge in [0, 0.05) is 45.9 Å². The Balaban J connectivity index is 0.976. The number of anilines is 1. The maximum Gasteiger partial charge on any atom is 0.440 e. The second-order valence-corrected chi connectivity index (χ2v) is 22.7. The molecule has 77 heavy (non-hydrogen) atoms. The van der Waals surface area contributed by atoms with Gasteiger partial charge in [-0.25, -0.2) is 14.5 Å². The van der Waals surface area contributed by atoms with Crippen LogP contribution in [0.5, 0.6) is 5.75 Å². The summed E-state index contributed by atoms with van der Waals surface area (Å²) in [5.74, 6) is 0.498. The van der Waals surface area contributed by atoms with E-state index >= 15 is 4.57 Å². The maximum atomic E-state index is 15.7. The van der Waals surface area contributed by atoms with Crippen LogP contribution in [0.25, 0.3) is 44.9 Å². The lowest BCUT2D eigenvalue weighted by Gasteiger charge is -2.29. The van der Waals surface area contributed by atoms with Gasteiger partial charge in [-0.2, -0.15) is 0 Å². The third-order valence-electron chi connectivity index (χ3n) is 15.1. The van der Waals surface area contributed by atoms with Gasteiger partial charge in [0.1, 0.15) is 29.4 Å². The number of rotatable bonds is 14. The van der Waals surface area contributed by atoms with E-state index in [1.807, 2.05) is 161 Å². The van der Waals surface area contributed by atoms with Crippen molar-refractivity contribution in [3.63, 3.8) is 0 Å². The zero-order valence-corrected chi connectivity index (χ0v) is 43.7. The summed E-state index contributed by atoms with van der Waals surface area (Å²) in [5, 5.41) is 10.9. The van der Waals surface area contributed by atoms with Crippen molar-refractivity contribution in [2.24, 2.45) is 11.8 Å². The van der Waals surface area contributed by atoms with Gasteiger partial charge in [-0.3, -0.25) is 23.0 Å². The normalized spacial score (nSPS) is 19.2. The van der Waals surface area contributed by atoms with Crippen molar-refractivity contribution in [1.29, 1.82) is 0 Å². The first kappa shape index (κ1) is 48.6. The number of aromatic nitrogens is 3. The molecule has 15 nitrogen and oxygen atoms in total. The first-order valence-corrected chi connectivity index (χ1v) is 27.5. The van der Waals surface area contributed by atoms with E-state index in [1.165, 1.54) is 0 Å². The molecule has 5 unspecified atom stereocenters. The molecule has 4 aliphatic rings. The number of hydrogen-bond donors (Lipinski definition) is 3. The summed E-state index contributed by atoms with van der Waals surface area (Å²) in [4.78, 5) is 39.4. The van der Waals surface area contributed by atoms with Crippen molar-refractivity contribution in [1.82, 2.24) is 24.9 Å². The monoisotopic (exact) mass is 1050 g/mol. The summed E-state index contributed by atoms with van der Waals surface area (Å²) in [6.07, 6.45) is 1.95. The Labute approximate surface area is 444 Å². The van der Waals surface area contributed by atoms with Crippen LogP contribution < -0.4 is 20.7 Å². The SMILES string of the molecule is CC(C)C(OCc1ccccc1)C(=O)NC1Cc2ccc3c(c2)C24c5cccc(c5NC2O3)-c2cccc3c2c(cn3P(=O)(OCc2ccccc2)OCc2ccccc2)-c2cnc(o2)-c2nc(oc24)C(C(C)C)NC1=O. The molecule has 7 heterocycles. The van der Waals surface area contributed by atoms with E-state index in [-0.39, 0.29) is 49.9 Å². The fraction of sp³-hybridized carbons (Fsp3) is 0.246. The van der Waals surface area contributed by atoms with Crippen molar-refractivity contribution in [2.45, 2.75) is 83.8 Å². The van der Waals surface area contributed by atoms with E-state index < -0.39 is 49.4 Å². The summed E-state index contributed by atoms with van der Waals surface area (Å²) in [6, 6.07) is 45.0. The summed E-state index contributed by atoms with van der Waals surface area (Å²) in [7, 11) is -4.21. The average molecular weight is 1050 g/mol. The summed E-state index contributed by atoms with van der Waals surface area (Å²) >= 11 is 0. The topological polar surface area (TPSA) is 181 Å². The number of hydrogen-bond acceptors (Lipinski definition) is 12. The van der Waals surface area contributed by atoms with E-state index in [1.54, 1.807) is 16.7 Å². The fourth-order valence-corrected chi connectivity index (χ4v) is 13.0. The molecule has 5 atom stereocenters. The first-order chi connectivity index (χ1) is 37.5. The van der Waals surface area contributed by atoms with Crippen molar-refractivity contribution >= 4 is 36.2 Å². The van der Waals surface area contributed by atoms with Crippen LogP contribution >= 0.6 is 7.75 Å². The van der Waals surface area contributed by atoms with Gasteiger partial charge in [0.15, 0.2) is 23.4 Å². The Morgan fingerprint density at radius 2 is 1.45 bits per heavy atom. The second-order valence-electron chi connectivity index (χ2n) is 20.8. The van der Waals surface area contributed by atoms with Crippen LogP contribution in [0.1, 0.15) is 78.8 Å². The van der Waals surface area contributed by atoms with Gasteiger partial charge >= 0.3 is 7.75 Å². The Morgan fingerprint density at radius 1 is 0.779 bits per heavy atom. The van der Waals surface area contributed by atoms with Crippen molar-refractivity contribution in [2.75, 3.05) is 5.32 Å². The van der Waals surface area contributed by atoms with Crippen molar-refractivity contribution < 1.29 is 41.5 Å². The van der Waals surface area contributed by atoms with Crippen LogP contribution in [-0.2, 0) is 59.6 Å². The standard InChI is InChI=1S/C61H55N6O9P/c1-35(2)51-59-65-53-55(76-59)61-44-24-14-23-42(52(44)66-60(61)75-48-27-26-40(28-45(48)61)29-46(56(68)64-51)63-57(69)54(36(3)4)71-32-37-16-8-5-9-17-37)41-22-15-25-47-50(41)43(49-30-62-58(53)74-49)31-67(47)77(70,72-33-38-18-10-6-11-19-38)73-34-39-20-12-7-13-21-39/h5-28,30-31,35-36,46,51,54,60,66H,29,32-34H2,1-4H3,(H,63,69)(H,64,68). The molecule has 10 bridgehead atoms. The number of nitrogens with one attached hydrogen (secondary N) is 3. The molecular formula is C61H55N6O9P. The Hall–Kier alpha value is -8.07. The van der Waals surface area contributed by atoms with E-state index in [9.17, 15) is 9.59 Å². The maximum absolute atomic E-state index is 15.7. The highest BCUT2D eigenvalue weighted by Gasteiger charge is 2.62. The highest BCUT2D eigenvalue weighted by Crippen LogP contribution is 2.62. The highest BCUT2D eigenvalue weighted by atomic mass is 31.2. The summed E-state index contributed by atoms with van der Waals surface area (Å²) in [6.45, 7) is 8.07. The molecule has 3 N–H and O–H groups in total. The molecule has 3 aromatic heterocycles. The van der Waals surface area contributed by atoms with Gasteiger partial charge in [0.05, 0.1) is 31.5 Å². The summed E-state index contributed by atoms with van der Waals surface area (Å²) < 4.78 is 57.6. The molecule has 1 spiro atoms.